The number of carbonyl (C=O) groups excluding carboxylic acids is 1. The Hall–Kier alpha value is -1.18. The standard InChI is InChI=1S/C13H16F2O4S/c1-8(16)20-7-6-11(17)12(18)9-2-4-10(5-3-9)19-13(14)15/h2-5,11-13,17-18H,6-7H2,1H3. The molecule has 0 heterocycles. The van der Waals surface area contributed by atoms with E-state index in [9.17, 15) is 23.8 Å². The lowest BCUT2D eigenvalue weighted by Crippen LogP contribution is -2.19. The summed E-state index contributed by atoms with van der Waals surface area (Å²) in [6.07, 6.45) is -1.91. The number of rotatable bonds is 7. The third kappa shape index (κ3) is 5.85. The van der Waals surface area contributed by atoms with Crippen molar-refractivity contribution in [3.05, 3.63) is 29.8 Å². The van der Waals surface area contributed by atoms with Crippen LogP contribution < -0.4 is 4.74 Å². The summed E-state index contributed by atoms with van der Waals surface area (Å²) in [5.74, 6) is 0.387. The molecule has 2 unspecified atom stereocenters. The molecule has 4 nitrogen and oxygen atoms in total. The average molecular weight is 306 g/mol. The summed E-state index contributed by atoms with van der Waals surface area (Å²) < 4.78 is 28.1. The van der Waals surface area contributed by atoms with E-state index in [0.717, 1.165) is 11.8 Å². The predicted molar refractivity (Wildman–Crippen MR) is 71.8 cm³/mol. The first-order valence-corrected chi connectivity index (χ1v) is 6.93. The van der Waals surface area contributed by atoms with Crippen LogP contribution in [0.15, 0.2) is 24.3 Å². The Morgan fingerprint density at radius 2 is 1.90 bits per heavy atom. The molecule has 0 radical (unpaired) electrons. The number of aliphatic hydroxyl groups is 2. The van der Waals surface area contributed by atoms with Crippen molar-refractivity contribution in [2.45, 2.75) is 32.2 Å². The first-order chi connectivity index (χ1) is 9.40. The summed E-state index contributed by atoms with van der Waals surface area (Å²) in [5.41, 5.74) is 0.395. The van der Waals surface area contributed by atoms with Gasteiger partial charge in [0.2, 0.25) is 0 Å². The zero-order valence-electron chi connectivity index (χ0n) is 10.8. The van der Waals surface area contributed by atoms with Crippen molar-refractivity contribution in [3.63, 3.8) is 0 Å². The fourth-order valence-electron chi connectivity index (χ4n) is 1.55. The molecular weight excluding hydrogens is 290 g/mol. The molecule has 20 heavy (non-hydrogen) atoms. The number of benzene rings is 1. The Balaban J connectivity index is 2.53. The lowest BCUT2D eigenvalue weighted by atomic mass is 10.0. The van der Waals surface area contributed by atoms with E-state index in [1.165, 1.54) is 31.2 Å². The lowest BCUT2D eigenvalue weighted by Gasteiger charge is -2.18. The van der Waals surface area contributed by atoms with Crippen LogP contribution in [0.3, 0.4) is 0 Å². The summed E-state index contributed by atoms with van der Waals surface area (Å²) in [7, 11) is 0. The zero-order valence-corrected chi connectivity index (χ0v) is 11.6. The van der Waals surface area contributed by atoms with Gasteiger partial charge in [-0.2, -0.15) is 8.78 Å². The van der Waals surface area contributed by atoms with Crippen LogP contribution in [0, 0.1) is 0 Å². The van der Waals surface area contributed by atoms with Gasteiger partial charge in [-0.25, -0.2) is 0 Å². The molecule has 0 saturated carbocycles. The Bertz CT molecular complexity index is 425. The van der Waals surface area contributed by atoms with Crippen LogP contribution in [-0.2, 0) is 4.79 Å². The van der Waals surface area contributed by atoms with Crippen LogP contribution in [0.2, 0.25) is 0 Å². The van der Waals surface area contributed by atoms with Crippen LogP contribution >= 0.6 is 11.8 Å². The maximum absolute atomic E-state index is 12.0. The largest absolute Gasteiger partial charge is 0.435 e. The van der Waals surface area contributed by atoms with Crippen LogP contribution in [-0.4, -0.2) is 33.8 Å². The maximum atomic E-state index is 12.0. The average Bonchev–Trinajstić information content (AvgIpc) is 2.37. The number of hydrogen-bond acceptors (Lipinski definition) is 5. The molecule has 0 amide bonds. The van der Waals surface area contributed by atoms with Gasteiger partial charge in [0.25, 0.3) is 0 Å². The third-order valence-electron chi connectivity index (χ3n) is 2.53. The molecule has 1 aromatic carbocycles. The fraction of sp³-hybridized carbons (Fsp3) is 0.462. The molecule has 0 bridgehead atoms. The Morgan fingerprint density at radius 3 is 2.40 bits per heavy atom. The first kappa shape index (κ1) is 16.9. The van der Waals surface area contributed by atoms with E-state index in [2.05, 4.69) is 4.74 Å². The number of halogens is 2. The van der Waals surface area contributed by atoms with Crippen molar-refractivity contribution in [2.75, 3.05) is 5.75 Å². The minimum absolute atomic E-state index is 0.0161. The summed E-state index contributed by atoms with van der Waals surface area (Å²) in [4.78, 5) is 10.7. The molecule has 0 aliphatic heterocycles. The first-order valence-electron chi connectivity index (χ1n) is 5.94. The van der Waals surface area contributed by atoms with Crippen LogP contribution in [0.5, 0.6) is 5.75 Å². The molecule has 7 heteroatoms. The maximum Gasteiger partial charge on any atom is 0.387 e. The normalized spacial score (nSPS) is 14.1. The van der Waals surface area contributed by atoms with Crippen LogP contribution in [0.1, 0.15) is 25.0 Å². The van der Waals surface area contributed by atoms with Crippen molar-refractivity contribution in [1.29, 1.82) is 0 Å². The van der Waals surface area contributed by atoms with Crippen LogP contribution in [0.4, 0.5) is 8.78 Å². The molecule has 1 rings (SSSR count). The predicted octanol–water partition coefficient (Wildman–Crippen LogP) is 2.35. The SMILES string of the molecule is CC(=O)SCCC(O)C(O)c1ccc(OC(F)F)cc1. The molecule has 0 aliphatic rings. The van der Waals surface area contributed by atoms with Gasteiger partial charge in [0.05, 0.1) is 6.10 Å². The van der Waals surface area contributed by atoms with Crippen molar-refractivity contribution in [3.8, 4) is 5.75 Å². The highest BCUT2D eigenvalue weighted by molar-refractivity contribution is 8.13. The van der Waals surface area contributed by atoms with Crippen molar-refractivity contribution < 1.29 is 28.5 Å². The number of hydrogen-bond donors (Lipinski definition) is 2. The fourth-order valence-corrected chi connectivity index (χ4v) is 2.20. The van der Waals surface area contributed by atoms with Gasteiger partial charge >= 0.3 is 6.61 Å². The third-order valence-corrected chi connectivity index (χ3v) is 3.38. The zero-order chi connectivity index (χ0) is 15.1. The van der Waals surface area contributed by atoms with E-state index in [1.54, 1.807) is 0 Å². The van der Waals surface area contributed by atoms with Gasteiger partial charge in [-0.3, -0.25) is 4.79 Å². The van der Waals surface area contributed by atoms with Gasteiger partial charge in [0.1, 0.15) is 11.9 Å². The molecule has 0 aromatic heterocycles. The Kier molecular flexibility index (Phi) is 6.90. The number of thioether (sulfide) groups is 1. The van der Waals surface area contributed by atoms with Crippen molar-refractivity contribution in [1.82, 2.24) is 0 Å². The smallest absolute Gasteiger partial charge is 0.387 e. The summed E-state index contributed by atoms with van der Waals surface area (Å²) >= 11 is 1.07. The van der Waals surface area contributed by atoms with Crippen LogP contribution in [0.25, 0.3) is 0 Å². The summed E-state index contributed by atoms with van der Waals surface area (Å²) in [6, 6.07) is 5.40. The Morgan fingerprint density at radius 1 is 1.30 bits per heavy atom. The highest BCUT2D eigenvalue weighted by Crippen LogP contribution is 2.23. The lowest BCUT2D eigenvalue weighted by molar-refractivity contribution is -0.109. The quantitative estimate of drug-likeness (QED) is 0.809. The minimum atomic E-state index is -2.90. The topological polar surface area (TPSA) is 66.8 Å². The summed E-state index contributed by atoms with van der Waals surface area (Å²) in [6.45, 7) is -1.48. The number of alkyl halides is 2. The molecule has 2 N–H and O–H groups in total. The highest BCUT2D eigenvalue weighted by Gasteiger charge is 2.18. The molecule has 0 saturated heterocycles. The molecule has 0 aliphatic carbocycles. The molecule has 1 aromatic rings. The van der Waals surface area contributed by atoms with Gasteiger partial charge in [0, 0.05) is 12.7 Å². The van der Waals surface area contributed by atoms with Gasteiger partial charge < -0.3 is 14.9 Å². The van der Waals surface area contributed by atoms with Gasteiger partial charge in [0.15, 0.2) is 5.12 Å². The molecule has 2 atom stereocenters. The monoisotopic (exact) mass is 306 g/mol. The van der Waals surface area contributed by atoms with E-state index in [0.29, 0.717) is 11.3 Å². The van der Waals surface area contributed by atoms with Crippen molar-refractivity contribution >= 4 is 16.9 Å². The highest BCUT2D eigenvalue weighted by atomic mass is 32.2. The van der Waals surface area contributed by atoms with Gasteiger partial charge in [-0.15, -0.1) is 0 Å². The van der Waals surface area contributed by atoms with E-state index < -0.39 is 18.8 Å². The number of carbonyl (C=O) groups is 1. The second-order valence-electron chi connectivity index (χ2n) is 4.09. The van der Waals surface area contributed by atoms with Gasteiger partial charge in [-0.1, -0.05) is 23.9 Å². The minimum Gasteiger partial charge on any atom is -0.435 e. The molecule has 112 valence electrons. The second kappa shape index (κ2) is 8.18. The molecule has 0 fully saturated rings. The van der Waals surface area contributed by atoms with Crippen molar-refractivity contribution in [2.24, 2.45) is 0 Å². The van der Waals surface area contributed by atoms with E-state index in [1.807, 2.05) is 0 Å². The Labute approximate surface area is 119 Å². The number of ether oxygens (including phenoxy) is 1. The second-order valence-corrected chi connectivity index (χ2v) is 5.36. The van der Waals surface area contributed by atoms with Gasteiger partial charge in [-0.05, 0) is 24.1 Å². The van der Waals surface area contributed by atoms with E-state index >= 15 is 0 Å². The van der Waals surface area contributed by atoms with E-state index in [4.69, 9.17) is 0 Å². The number of aliphatic hydroxyl groups excluding tert-OH is 2. The summed E-state index contributed by atoms with van der Waals surface area (Å²) in [5, 5.41) is 19.6. The molecule has 0 spiro atoms. The van der Waals surface area contributed by atoms with E-state index in [-0.39, 0.29) is 17.3 Å². The molecular formula is C13H16F2O4S.